The maximum Gasteiger partial charge on any atom is 0.0901 e. The molecule has 0 spiro atoms. The first kappa shape index (κ1) is 16.0. The molecule has 0 radical (unpaired) electrons. The third-order valence-corrected chi connectivity index (χ3v) is 5.32. The smallest absolute Gasteiger partial charge is 0.0901 e. The summed E-state index contributed by atoms with van der Waals surface area (Å²) in [6.07, 6.45) is 3.73. The number of para-hydroxylation sites is 1. The standard InChI is InChI=1S/C22H24N2O/c1-16-8-10-17(11-9-16)22(13-5-15-25)19-12-14-24(2)21(19)18-6-3-4-7-20(18)23-22/h3-4,6-12,14,23,25H,5,13,15H2,1-2H3/t22-/m0/s1. The van der Waals surface area contributed by atoms with E-state index in [1.165, 1.54) is 27.9 Å². The lowest BCUT2D eigenvalue weighted by atomic mass is 9.75. The van der Waals surface area contributed by atoms with Gasteiger partial charge in [0.1, 0.15) is 0 Å². The quantitative estimate of drug-likeness (QED) is 0.741. The van der Waals surface area contributed by atoms with E-state index in [-0.39, 0.29) is 12.1 Å². The number of aliphatic hydroxyl groups is 1. The Morgan fingerprint density at radius 3 is 2.56 bits per heavy atom. The second-order valence-electron chi connectivity index (χ2n) is 6.96. The van der Waals surface area contributed by atoms with Gasteiger partial charge in [0.15, 0.2) is 0 Å². The summed E-state index contributed by atoms with van der Waals surface area (Å²) in [5, 5.41) is 13.3. The molecule has 0 saturated carbocycles. The van der Waals surface area contributed by atoms with E-state index < -0.39 is 0 Å². The number of hydrogen-bond acceptors (Lipinski definition) is 2. The fraction of sp³-hybridized carbons (Fsp3) is 0.273. The van der Waals surface area contributed by atoms with Gasteiger partial charge < -0.3 is 15.0 Å². The number of hydrogen-bond donors (Lipinski definition) is 2. The topological polar surface area (TPSA) is 37.2 Å². The Bertz CT molecular complexity index is 895. The third-order valence-electron chi connectivity index (χ3n) is 5.32. The summed E-state index contributed by atoms with van der Waals surface area (Å²) in [5.74, 6) is 0. The minimum absolute atomic E-state index is 0.194. The van der Waals surface area contributed by atoms with E-state index in [1.54, 1.807) is 0 Å². The molecule has 2 heterocycles. The van der Waals surface area contributed by atoms with Crippen LogP contribution in [-0.4, -0.2) is 16.3 Å². The summed E-state index contributed by atoms with van der Waals surface area (Å²) in [4.78, 5) is 0. The Hall–Kier alpha value is -2.52. The number of rotatable bonds is 4. The number of aromatic nitrogens is 1. The molecule has 0 saturated heterocycles. The van der Waals surface area contributed by atoms with Gasteiger partial charge in [-0.25, -0.2) is 0 Å². The van der Waals surface area contributed by atoms with Crippen LogP contribution in [0.3, 0.4) is 0 Å². The summed E-state index contributed by atoms with van der Waals surface area (Å²) in [6, 6.07) is 19.5. The molecule has 0 aliphatic carbocycles. The summed E-state index contributed by atoms with van der Waals surface area (Å²) >= 11 is 0. The molecule has 2 aromatic carbocycles. The summed E-state index contributed by atoms with van der Waals surface area (Å²) in [7, 11) is 2.10. The zero-order valence-corrected chi connectivity index (χ0v) is 14.8. The fourth-order valence-corrected chi connectivity index (χ4v) is 4.06. The predicted octanol–water partition coefficient (Wildman–Crippen LogP) is 4.44. The first-order chi connectivity index (χ1) is 12.2. The van der Waals surface area contributed by atoms with Crippen LogP contribution in [0.1, 0.15) is 29.5 Å². The molecular formula is C22H24N2O. The van der Waals surface area contributed by atoms with Crippen LogP contribution in [0.25, 0.3) is 11.3 Å². The Kier molecular flexibility index (Phi) is 3.89. The maximum atomic E-state index is 9.52. The number of benzene rings is 2. The fourth-order valence-electron chi connectivity index (χ4n) is 4.06. The lowest BCUT2D eigenvalue weighted by Crippen LogP contribution is -2.39. The first-order valence-corrected chi connectivity index (χ1v) is 8.87. The molecule has 3 nitrogen and oxygen atoms in total. The molecule has 3 heteroatoms. The van der Waals surface area contributed by atoms with Gasteiger partial charge in [-0.3, -0.25) is 0 Å². The largest absolute Gasteiger partial charge is 0.396 e. The molecule has 128 valence electrons. The zero-order chi connectivity index (χ0) is 17.4. The van der Waals surface area contributed by atoms with Gasteiger partial charge in [-0.2, -0.15) is 0 Å². The van der Waals surface area contributed by atoms with Gasteiger partial charge >= 0.3 is 0 Å². The number of fused-ring (bicyclic) bond motifs is 3. The van der Waals surface area contributed by atoms with Gasteiger partial charge in [0.2, 0.25) is 0 Å². The second kappa shape index (κ2) is 6.08. The normalized spacial score (nSPS) is 18.4. The monoisotopic (exact) mass is 332 g/mol. The van der Waals surface area contributed by atoms with E-state index in [2.05, 4.69) is 84.6 Å². The number of aliphatic hydroxyl groups excluding tert-OH is 1. The third kappa shape index (κ3) is 2.47. The molecule has 3 aromatic rings. The van der Waals surface area contributed by atoms with Crippen molar-refractivity contribution in [3.05, 3.63) is 77.5 Å². The van der Waals surface area contributed by atoms with Crippen molar-refractivity contribution in [3.8, 4) is 11.3 Å². The van der Waals surface area contributed by atoms with Gasteiger partial charge in [-0.05, 0) is 37.5 Å². The molecule has 2 N–H and O–H groups in total. The molecule has 0 amide bonds. The number of nitrogens with zero attached hydrogens (tertiary/aromatic N) is 1. The average molecular weight is 332 g/mol. The summed E-state index contributed by atoms with van der Waals surface area (Å²) in [5.41, 5.74) is 7.10. The van der Waals surface area contributed by atoms with Crippen LogP contribution in [0.5, 0.6) is 0 Å². The van der Waals surface area contributed by atoms with E-state index in [1.807, 2.05) is 0 Å². The minimum atomic E-state index is -0.318. The van der Waals surface area contributed by atoms with E-state index in [9.17, 15) is 5.11 Å². The zero-order valence-electron chi connectivity index (χ0n) is 14.8. The highest BCUT2D eigenvalue weighted by Crippen LogP contribution is 2.48. The lowest BCUT2D eigenvalue weighted by Gasteiger charge is -2.41. The van der Waals surface area contributed by atoms with Crippen molar-refractivity contribution in [3.63, 3.8) is 0 Å². The molecule has 1 aliphatic heterocycles. The summed E-state index contributed by atoms with van der Waals surface area (Å²) < 4.78 is 2.21. The van der Waals surface area contributed by atoms with Crippen molar-refractivity contribution in [1.29, 1.82) is 0 Å². The highest BCUT2D eigenvalue weighted by molar-refractivity contribution is 5.84. The second-order valence-corrected chi connectivity index (χ2v) is 6.96. The highest BCUT2D eigenvalue weighted by Gasteiger charge is 2.40. The number of anilines is 1. The van der Waals surface area contributed by atoms with Crippen LogP contribution in [0, 0.1) is 6.92 Å². The van der Waals surface area contributed by atoms with Gasteiger partial charge in [-0.15, -0.1) is 0 Å². The van der Waals surface area contributed by atoms with Gasteiger partial charge in [0.05, 0.1) is 11.2 Å². The molecule has 1 aliphatic rings. The van der Waals surface area contributed by atoms with Crippen molar-refractivity contribution in [1.82, 2.24) is 4.57 Å². The maximum absolute atomic E-state index is 9.52. The van der Waals surface area contributed by atoms with Crippen LogP contribution in [-0.2, 0) is 12.6 Å². The molecular weight excluding hydrogens is 308 g/mol. The predicted molar refractivity (Wildman–Crippen MR) is 103 cm³/mol. The Labute approximate surface area is 148 Å². The average Bonchev–Trinajstić information content (AvgIpc) is 3.03. The van der Waals surface area contributed by atoms with E-state index in [0.717, 1.165) is 18.5 Å². The minimum Gasteiger partial charge on any atom is -0.396 e. The van der Waals surface area contributed by atoms with Crippen molar-refractivity contribution < 1.29 is 5.11 Å². The Morgan fingerprint density at radius 1 is 1.04 bits per heavy atom. The number of aryl methyl sites for hydroxylation is 2. The van der Waals surface area contributed by atoms with Crippen molar-refractivity contribution in [2.75, 3.05) is 11.9 Å². The van der Waals surface area contributed by atoms with Crippen LogP contribution in [0.4, 0.5) is 5.69 Å². The van der Waals surface area contributed by atoms with Crippen molar-refractivity contribution in [2.24, 2.45) is 7.05 Å². The molecule has 4 rings (SSSR count). The molecule has 1 aromatic heterocycles. The first-order valence-electron chi connectivity index (χ1n) is 8.87. The van der Waals surface area contributed by atoms with Crippen molar-refractivity contribution in [2.45, 2.75) is 25.3 Å². The van der Waals surface area contributed by atoms with Crippen molar-refractivity contribution >= 4 is 5.69 Å². The van der Waals surface area contributed by atoms with E-state index in [4.69, 9.17) is 0 Å². The number of nitrogens with one attached hydrogen (secondary N) is 1. The van der Waals surface area contributed by atoms with Crippen LogP contribution < -0.4 is 5.32 Å². The molecule has 25 heavy (non-hydrogen) atoms. The van der Waals surface area contributed by atoms with Gasteiger partial charge in [-0.1, -0.05) is 48.0 Å². The molecule has 0 bridgehead atoms. The molecule has 0 fully saturated rings. The van der Waals surface area contributed by atoms with E-state index in [0.29, 0.717) is 0 Å². The van der Waals surface area contributed by atoms with Gasteiger partial charge in [0.25, 0.3) is 0 Å². The lowest BCUT2D eigenvalue weighted by molar-refractivity contribution is 0.273. The van der Waals surface area contributed by atoms with Crippen LogP contribution >= 0.6 is 0 Å². The Morgan fingerprint density at radius 2 is 1.80 bits per heavy atom. The van der Waals surface area contributed by atoms with Crippen LogP contribution in [0.2, 0.25) is 0 Å². The van der Waals surface area contributed by atoms with E-state index >= 15 is 0 Å². The SMILES string of the molecule is Cc1ccc([C@]2(CCCO)Nc3ccccc3-c3c2ccn3C)cc1. The van der Waals surface area contributed by atoms with Crippen LogP contribution in [0.15, 0.2) is 60.8 Å². The molecule has 1 atom stereocenters. The molecule has 0 unspecified atom stereocenters. The summed E-state index contributed by atoms with van der Waals surface area (Å²) in [6.45, 7) is 2.31. The van der Waals surface area contributed by atoms with Gasteiger partial charge in [0, 0.05) is 36.7 Å². The Balaban J connectivity index is 1.97. The highest BCUT2D eigenvalue weighted by atomic mass is 16.2.